The molecule has 0 saturated carbocycles. The van der Waals surface area contributed by atoms with Crippen LogP contribution in [-0.4, -0.2) is 32.6 Å². The SMILES string of the molecule is C[C@@H](c1ccc(-n2cncn2)cc1)N(C)C(=O)c1cccc(Br)c1. The topological polar surface area (TPSA) is 51.0 Å². The Morgan fingerprint density at radius 2 is 1.96 bits per heavy atom. The fraction of sp³-hybridized carbons (Fsp3) is 0.167. The third-order valence-electron chi connectivity index (χ3n) is 4.03. The molecule has 24 heavy (non-hydrogen) atoms. The second-order valence-corrected chi connectivity index (χ2v) is 6.45. The number of carbonyl (C=O) groups excluding carboxylic acids is 1. The molecule has 1 heterocycles. The van der Waals surface area contributed by atoms with Crippen molar-refractivity contribution in [2.75, 3.05) is 7.05 Å². The number of nitrogens with zero attached hydrogens (tertiary/aromatic N) is 4. The number of halogens is 1. The normalized spacial score (nSPS) is 12.0. The summed E-state index contributed by atoms with van der Waals surface area (Å²) in [7, 11) is 1.82. The second kappa shape index (κ2) is 6.97. The molecule has 0 spiro atoms. The van der Waals surface area contributed by atoms with Gasteiger partial charge in [-0.15, -0.1) is 0 Å². The van der Waals surface area contributed by atoms with E-state index in [1.165, 1.54) is 6.33 Å². The number of benzene rings is 2. The first-order valence-corrected chi connectivity index (χ1v) is 8.33. The van der Waals surface area contributed by atoms with Crippen LogP contribution >= 0.6 is 15.9 Å². The Morgan fingerprint density at radius 3 is 2.58 bits per heavy atom. The Balaban J connectivity index is 1.78. The lowest BCUT2D eigenvalue weighted by Crippen LogP contribution is -2.29. The Hall–Kier alpha value is -2.47. The molecule has 1 aromatic heterocycles. The van der Waals surface area contributed by atoms with Gasteiger partial charge in [0.1, 0.15) is 12.7 Å². The van der Waals surface area contributed by atoms with Crippen molar-refractivity contribution in [2.24, 2.45) is 0 Å². The molecule has 1 atom stereocenters. The summed E-state index contributed by atoms with van der Waals surface area (Å²) in [6.45, 7) is 2.01. The van der Waals surface area contributed by atoms with E-state index in [9.17, 15) is 4.79 Å². The number of rotatable bonds is 4. The minimum atomic E-state index is -0.0405. The number of aromatic nitrogens is 3. The molecule has 3 rings (SSSR count). The average molecular weight is 385 g/mol. The number of amides is 1. The van der Waals surface area contributed by atoms with Crippen LogP contribution in [0.25, 0.3) is 5.69 Å². The van der Waals surface area contributed by atoms with Gasteiger partial charge in [-0.1, -0.05) is 34.1 Å². The zero-order chi connectivity index (χ0) is 17.1. The predicted octanol–water partition coefficient (Wildman–Crippen LogP) is 3.86. The van der Waals surface area contributed by atoms with Crippen LogP contribution in [0.15, 0.2) is 65.7 Å². The Kier molecular flexibility index (Phi) is 4.76. The highest BCUT2D eigenvalue weighted by atomic mass is 79.9. The second-order valence-electron chi connectivity index (χ2n) is 5.53. The summed E-state index contributed by atoms with van der Waals surface area (Å²) >= 11 is 3.40. The molecule has 0 bridgehead atoms. The Bertz CT molecular complexity index is 830. The van der Waals surface area contributed by atoms with E-state index in [1.54, 1.807) is 15.9 Å². The third-order valence-corrected chi connectivity index (χ3v) is 4.52. The summed E-state index contributed by atoms with van der Waals surface area (Å²) in [5.41, 5.74) is 2.66. The van der Waals surface area contributed by atoms with E-state index in [-0.39, 0.29) is 11.9 Å². The van der Waals surface area contributed by atoms with Crippen molar-refractivity contribution in [3.63, 3.8) is 0 Å². The molecule has 3 aromatic rings. The van der Waals surface area contributed by atoms with Crippen molar-refractivity contribution in [3.05, 3.63) is 76.8 Å². The highest BCUT2D eigenvalue weighted by Gasteiger charge is 2.19. The average Bonchev–Trinajstić information content (AvgIpc) is 3.14. The van der Waals surface area contributed by atoms with Crippen molar-refractivity contribution in [1.82, 2.24) is 19.7 Å². The van der Waals surface area contributed by atoms with E-state index in [4.69, 9.17) is 0 Å². The molecular formula is C18H17BrN4O. The van der Waals surface area contributed by atoms with Gasteiger partial charge in [0.05, 0.1) is 11.7 Å². The maximum atomic E-state index is 12.6. The molecule has 2 aromatic carbocycles. The zero-order valence-corrected chi connectivity index (χ0v) is 15.0. The lowest BCUT2D eigenvalue weighted by atomic mass is 10.1. The van der Waals surface area contributed by atoms with Crippen molar-refractivity contribution in [1.29, 1.82) is 0 Å². The lowest BCUT2D eigenvalue weighted by Gasteiger charge is -2.25. The summed E-state index contributed by atoms with van der Waals surface area (Å²) in [6.07, 6.45) is 3.16. The molecule has 0 aliphatic carbocycles. The maximum absolute atomic E-state index is 12.6. The van der Waals surface area contributed by atoms with Crippen molar-refractivity contribution >= 4 is 21.8 Å². The van der Waals surface area contributed by atoms with Crippen molar-refractivity contribution < 1.29 is 4.79 Å². The summed E-state index contributed by atoms with van der Waals surface area (Å²) in [4.78, 5) is 18.3. The molecule has 5 nitrogen and oxygen atoms in total. The standard InChI is InChI=1S/C18H17BrN4O/c1-13(22(2)18(24)15-4-3-5-16(19)10-15)14-6-8-17(9-7-14)23-12-20-11-21-23/h3-13H,1-2H3/t13-/m0/s1. The highest BCUT2D eigenvalue weighted by molar-refractivity contribution is 9.10. The highest BCUT2D eigenvalue weighted by Crippen LogP contribution is 2.23. The van der Waals surface area contributed by atoms with Gasteiger partial charge in [0.15, 0.2) is 0 Å². The van der Waals surface area contributed by atoms with Gasteiger partial charge in [0.2, 0.25) is 0 Å². The van der Waals surface area contributed by atoms with E-state index >= 15 is 0 Å². The number of carbonyl (C=O) groups is 1. The van der Waals surface area contributed by atoms with Gasteiger partial charge in [-0.3, -0.25) is 4.79 Å². The maximum Gasteiger partial charge on any atom is 0.254 e. The first kappa shape index (κ1) is 16.4. The summed E-state index contributed by atoms with van der Waals surface area (Å²) in [5, 5.41) is 4.11. The summed E-state index contributed by atoms with van der Waals surface area (Å²) < 4.78 is 2.59. The first-order chi connectivity index (χ1) is 11.6. The van der Waals surface area contributed by atoms with E-state index in [0.717, 1.165) is 15.7 Å². The van der Waals surface area contributed by atoms with Gasteiger partial charge in [-0.25, -0.2) is 9.67 Å². The van der Waals surface area contributed by atoms with Gasteiger partial charge >= 0.3 is 0 Å². The van der Waals surface area contributed by atoms with Gasteiger partial charge in [0.25, 0.3) is 5.91 Å². The largest absolute Gasteiger partial charge is 0.335 e. The zero-order valence-electron chi connectivity index (χ0n) is 13.4. The Morgan fingerprint density at radius 1 is 1.21 bits per heavy atom. The van der Waals surface area contributed by atoms with Crippen LogP contribution in [0.2, 0.25) is 0 Å². The monoisotopic (exact) mass is 384 g/mol. The van der Waals surface area contributed by atoms with Crippen LogP contribution in [0.5, 0.6) is 0 Å². The molecule has 0 fully saturated rings. The van der Waals surface area contributed by atoms with Crippen LogP contribution in [-0.2, 0) is 0 Å². The predicted molar refractivity (Wildman–Crippen MR) is 96.0 cm³/mol. The van der Waals surface area contributed by atoms with Gasteiger partial charge in [0, 0.05) is 17.1 Å². The van der Waals surface area contributed by atoms with Crippen LogP contribution in [0.1, 0.15) is 28.9 Å². The molecular weight excluding hydrogens is 368 g/mol. The lowest BCUT2D eigenvalue weighted by molar-refractivity contribution is 0.0742. The minimum absolute atomic E-state index is 0.0100. The van der Waals surface area contributed by atoms with Crippen LogP contribution in [0.4, 0.5) is 0 Å². The fourth-order valence-corrected chi connectivity index (χ4v) is 2.87. The first-order valence-electron chi connectivity index (χ1n) is 7.54. The minimum Gasteiger partial charge on any atom is -0.335 e. The van der Waals surface area contributed by atoms with Gasteiger partial charge in [-0.2, -0.15) is 5.10 Å². The van der Waals surface area contributed by atoms with Gasteiger partial charge < -0.3 is 4.90 Å². The van der Waals surface area contributed by atoms with Crippen molar-refractivity contribution in [3.8, 4) is 5.69 Å². The van der Waals surface area contributed by atoms with E-state index in [0.29, 0.717) is 5.56 Å². The van der Waals surface area contributed by atoms with Crippen LogP contribution in [0, 0.1) is 0 Å². The number of hydrogen-bond donors (Lipinski definition) is 0. The Labute approximate surface area is 149 Å². The van der Waals surface area contributed by atoms with E-state index in [1.807, 2.05) is 62.5 Å². The molecule has 1 amide bonds. The molecule has 122 valence electrons. The molecule has 0 saturated heterocycles. The third kappa shape index (κ3) is 3.38. The summed E-state index contributed by atoms with van der Waals surface area (Å²) in [6, 6.07) is 15.3. The summed E-state index contributed by atoms with van der Waals surface area (Å²) in [5.74, 6) is -0.0100. The molecule has 0 radical (unpaired) electrons. The van der Waals surface area contributed by atoms with Crippen LogP contribution in [0.3, 0.4) is 0 Å². The van der Waals surface area contributed by atoms with Gasteiger partial charge in [-0.05, 0) is 42.8 Å². The molecule has 0 unspecified atom stereocenters. The molecule has 0 N–H and O–H groups in total. The van der Waals surface area contributed by atoms with E-state index < -0.39 is 0 Å². The molecule has 6 heteroatoms. The smallest absolute Gasteiger partial charge is 0.254 e. The van der Waals surface area contributed by atoms with Crippen LogP contribution < -0.4 is 0 Å². The number of hydrogen-bond acceptors (Lipinski definition) is 3. The van der Waals surface area contributed by atoms with Crippen molar-refractivity contribution in [2.45, 2.75) is 13.0 Å². The molecule has 0 aliphatic rings. The quantitative estimate of drug-likeness (QED) is 0.685. The molecule has 0 aliphatic heterocycles. The fourth-order valence-electron chi connectivity index (χ4n) is 2.47. The van der Waals surface area contributed by atoms with E-state index in [2.05, 4.69) is 26.0 Å².